The molecule has 196 valence electrons. The van der Waals surface area contributed by atoms with E-state index in [4.69, 9.17) is 4.74 Å². The van der Waals surface area contributed by atoms with Crippen LogP contribution in [0.1, 0.15) is 73.1 Å². The second-order valence-corrected chi connectivity index (χ2v) is 11.1. The zero-order chi connectivity index (χ0) is 25.9. The molecule has 1 aliphatic carbocycles. The molecule has 34 heavy (non-hydrogen) atoms. The first kappa shape index (κ1) is 30.1. The minimum Gasteiger partial charge on any atom is -0.480 e. The van der Waals surface area contributed by atoms with Crippen LogP contribution in [0.2, 0.25) is 0 Å². The highest BCUT2D eigenvalue weighted by molar-refractivity contribution is 7.98. The van der Waals surface area contributed by atoms with Crippen molar-refractivity contribution < 1.29 is 29.0 Å². The minimum absolute atomic E-state index is 0.0553. The molecule has 0 heterocycles. The van der Waals surface area contributed by atoms with Gasteiger partial charge in [0.2, 0.25) is 11.8 Å². The summed E-state index contributed by atoms with van der Waals surface area (Å²) >= 11 is 1.55. The fraction of sp³-hybridized carbons (Fsp3) is 0.833. The summed E-state index contributed by atoms with van der Waals surface area (Å²) in [6, 6.07) is -1.54. The molecule has 0 aromatic rings. The number of amides is 3. The van der Waals surface area contributed by atoms with Crippen LogP contribution in [0.4, 0.5) is 4.79 Å². The number of aliphatic carboxylic acids is 1. The molecule has 0 spiro atoms. The third-order valence-electron chi connectivity index (χ3n) is 6.18. The van der Waals surface area contributed by atoms with E-state index in [0.717, 1.165) is 19.3 Å². The number of hydrogen-bond donors (Lipinski definition) is 4. The SMILES string of the molecule is CC[C@@H](C)[C@H](NC(=O)OC(C)(C)C)C(=O)NCC1CCC(C(=O)N[C@@H](CCSC)C(=O)O)CC1. The van der Waals surface area contributed by atoms with Gasteiger partial charge in [-0.05, 0) is 76.7 Å². The molecule has 3 atom stereocenters. The quantitative estimate of drug-likeness (QED) is 0.323. The van der Waals surface area contributed by atoms with Crippen molar-refractivity contribution in [3.63, 3.8) is 0 Å². The molecule has 1 saturated carbocycles. The standard InChI is InChI=1S/C24H43N3O6S/c1-7-15(2)19(27-23(32)33-24(3,4)5)21(29)25-14-16-8-10-17(11-9-16)20(28)26-18(22(30)31)12-13-34-6/h15-19H,7-14H2,1-6H3,(H,25,29)(H,26,28)(H,27,32)(H,30,31)/t15-,16?,17?,18+,19+/m1/s1. The van der Waals surface area contributed by atoms with Crippen molar-refractivity contribution in [3.8, 4) is 0 Å². The van der Waals surface area contributed by atoms with Crippen molar-refractivity contribution in [2.45, 2.75) is 90.8 Å². The Kier molecular flexibility index (Phi) is 12.8. The topological polar surface area (TPSA) is 134 Å². The summed E-state index contributed by atoms with van der Waals surface area (Å²) in [6.45, 7) is 9.66. The van der Waals surface area contributed by atoms with E-state index in [9.17, 15) is 24.3 Å². The Balaban J connectivity index is 2.53. The van der Waals surface area contributed by atoms with Crippen LogP contribution in [0, 0.1) is 17.8 Å². The van der Waals surface area contributed by atoms with Gasteiger partial charge in [0, 0.05) is 12.5 Å². The van der Waals surface area contributed by atoms with Gasteiger partial charge in [0.05, 0.1) is 0 Å². The van der Waals surface area contributed by atoms with Gasteiger partial charge in [0.1, 0.15) is 17.7 Å². The lowest BCUT2D eigenvalue weighted by Gasteiger charge is -2.30. The normalized spacial score (nSPS) is 21.0. The van der Waals surface area contributed by atoms with Gasteiger partial charge in [-0.15, -0.1) is 0 Å². The van der Waals surface area contributed by atoms with Gasteiger partial charge in [-0.2, -0.15) is 11.8 Å². The van der Waals surface area contributed by atoms with E-state index < -0.39 is 29.7 Å². The van der Waals surface area contributed by atoms with Crippen molar-refractivity contribution in [1.29, 1.82) is 0 Å². The second kappa shape index (κ2) is 14.4. The van der Waals surface area contributed by atoms with E-state index in [-0.39, 0.29) is 29.6 Å². The number of carboxylic acids is 1. The summed E-state index contributed by atoms with van der Waals surface area (Å²) in [7, 11) is 0. The molecule has 9 nitrogen and oxygen atoms in total. The monoisotopic (exact) mass is 501 g/mol. The van der Waals surface area contributed by atoms with Gasteiger partial charge in [-0.3, -0.25) is 9.59 Å². The summed E-state index contributed by atoms with van der Waals surface area (Å²) in [5, 5.41) is 17.7. The van der Waals surface area contributed by atoms with Crippen molar-refractivity contribution >= 4 is 35.6 Å². The maximum Gasteiger partial charge on any atom is 0.408 e. The lowest BCUT2D eigenvalue weighted by molar-refractivity contribution is -0.142. The predicted molar refractivity (Wildman–Crippen MR) is 134 cm³/mol. The third-order valence-corrected chi connectivity index (χ3v) is 6.82. The first-order valence-corrected chi connectivity index (χ1v) is 13.6. The van der Waals surface area contributed by atoms with Gasteiger partial charge in [0.25, 0.3) is 0 Å². The van der Waals surface area contributed by atoms with Crippen molar-refractivity contribution in [1.82, 2.24) is 16.0 Å². The minimum atomic E-state index is -1.00. The maximum atomic E-state index is 12.8. The molecule has 0 unspecified atom stereocenters. The van der Waals surface area contributed by atoms with E-state index in [1.165, 1.54) is 0 Å². The average molecular weight is 502 g/mol. The maximum absolute atomic E-state index is 12.8. The summed E-state index contributed by atoms with van der Waals surface area (Å²) in [5.41, 5.74) is -0.648. The van der Waals surface area contributed by atoms with Crippen LogP contribution in [-0.4, -0.2) is 65.2 Å². The molecule has 3 amide bonds. The fourth-order valence-corrected chi connectivity index (χ4v) is 4.37. The molecular weight excluding hydrogens is 458 g/mol. The zero-order valence-corrected chi connectivity index (χ0v) is 22.3. The molecular formula is C24H43N3O6S. The Hall–Kier alpha value is -1.97. The van der Waals surface area contributed by atoms with E-state index in [1.54, 1.807) is 32.5 Å². The fourth-order valence-electron chi connectivity index (χ4n) is 3.90. The molecule has 1 aliphatic rings. The number of carbonyl (C=O) groups is 4. The molecule has 0 aromatic carbocycles. The van der Waals surface area contributed by atoms with Crippen LogP contribution in [0.3, 0.4) is 0 Å². The summed E-state index contributed by atoms with van der Waals surface area (Å²) < 4.78 is 5.30. The van der Waals surface area contributed by atoms with Crippen LogP contribution in [0.5, 0.6) is 0 Å². The molecule has 0 aliphatic heterocycles. The van der Waals surface area contributed by atoms with Crippen molar-refractivity contribution in [2.24, 2.45) is 17.8 Å². The summed E-state index contributed by atoms with van der Waals surface area (Å²) in [4.78, 5) is 48.9. The Morgan fingerprint density at radius 2 is 1.71 bits per heavy atom. The number of rotatable bonds is 12. The van der Waals surface area contributed by atoms with E-state index in [1.807, 2.05) is 20.1 Å². The molecule has 1 fully saturated rings. The zero-order valence-electron chi connectivity index (χ0n) is 21.4. The van der Waals surface area contributed by atoms with Crippen molar-refractivity contribution in [3.05, 3.63) is 0 Å². The van der Waals surface area contributed by atoms with Gasteiger partial charge in [-0.1, -0.05) is 20.3 Å². The smallest absolute Gasteiger partial charge is 0.408 e. The van der Waals surface area contributed by atoms with Crippen LogP contribution in [-0.2, 0) is 19.1 Å². The molecule has 0 saturated heterocycles. The number of alkyl carbamates (subject to hydrolysis) is 1. The lowest BCUT2D eigenvalue weighted by atomic mass is 9.81. The van der Waals surface area contributed by atoms with Crippen LogP contribution < -0.4 is 16.0 Å². The second-order valence-electron chi connectivity index (χ2n) is 10.2. The average Bonchev–Trinajstić information content (AvgIpc) is 2.76. The van der Waals surface area contributed by atoms with Gasteiger partial charge in [-0.25, -0.2) is 9.59 Å². The van der Waals surface area contributed by atoms with Crippen molar-refractivity contribution in [2.75, 3.05) is 18.6 Å². The Morgan fingerprint density at radius 1 is 1.09 bits per heavy atom. The van der Waals surface area contributed by atoms with Gasteiger partial charge in [0.15, 0.2) is 0 Å². The predicted octanol–water partition coefficient (Wildman–Crippen LogP) is 3.17. The number of carbonyl (C=O) groups excluding carboxylic acids is 3. The highest BCUT2D eigenvalue weighted by Gasteiger charge is 2.31. The number of carboxylic acid groups (broad SMARTS) is 1. The van der Waals surface area contributed by atoms with Crippen LogP contribution in [0.25, 0.3) is 0 Å². The van der Waals surface area contributed by atoms with E-state index >= 15 is 0 Å². The lowest BCUT2D eigenvalue weighted by Crippen LogP contribution is -2.52. The summed E-state index contributed by atoms with van der Waals surface area (Å²) in [5.74, 6) is -0.796. The first-order valence-electron chi connectivity index (χ1n) is 12.2. The number of hydrogen-bond acceptors (Lipinski definition) is 6. The Morgan fingerprint density at radius 3 is 2.21 bits per heavy atom. The number of thioether (sulfide) groups is 1. The van der Waals surface area contributed by atoms with Gasteiger partial charge < -0.3 is 25.8 Å². The largest absolute Gasteiger partial charge is 0.480 e. The highest BCUT2D eigenvalue weighted by Crippen LogP contribution is 2.29. The molecule has 1 rings (SSSR count). The molecule has 0 aromatic heterocycles. The number of ether oxygens (including phenoxy) is 1. The van der Waals surface area contributed by atoms with E-state index in [2.05, 4.69) is 16.0 Å². The van der Waals surface area contributed by atoms with Gasteiger partial charge >= 0.3 is 12.1 Å². The Labute approximate surface area is 207 Å². The van der Waals surface area contributed by atoms with Crippen LogP contribution >= 0.6 is 11.8 Å². The molecule has 10 heteroatoms. The van der Waals surface area contributed by atoms with Crippen LogP contribution in [0.15, 0.2) is 0 Å². The number of nitrogens with one attached hydrogen (secondary N) is 3. The molecule has 0 bridgehead atoms. The summed E-state index contributed by atoms with van der Waals surface area (Å²) in [6.07, 6.45) is 5.28. The first-order chi connectivity index (χ1) is 15.9. The third kappa shape index (κ3) is 11.0. The Bertz CT molecular complexity index is 689. The molecule has 0 radical (unpaired) electrons. The molecule has 4 N–H and O–H groups in total. The van der Waals surface area contributed by atoms with E-state index in [0.29, 0.717) is 31.6 Å². The highest BCUT2D eigenvalue weighted by atomic mass is 32.2.